The summed E-state index contributed by atoms with van der Waals surface area (Å²) in [7, 11) is -0.941. The van der Waals surface area contributed by atoms with Crippen LogP contribution in [0.15, 0.2) is 0 Å². The van der Waals surface area contributed by atoms with E-state index in [4.69, 9.17) is 5.26 Å². The Morgan fingerprint density at radius 1 is 1.56 bits per heavy atom. The molecule has 0 spiro atoms. The minimum Gasteiger partial charge on any atom is -0.354 e. The van der Waals surface area contributed by atoms with Crippen molar-refractivity contribution in [1.82, 2.24) is 5.32 Å². The molecule has 16 heavy (non-hydrogen) atoms. The van der Waals surface area contributed by atoms with Crippen molar-refractivity contribution in [2.24, 2.45) is 5.41 Å². The highest BCUT2D eigenvalue weighted by molar-refractivity contribution is 7.84. The molecule has 1 amide bonds. The molecule has 1 aliphatic rings. The van der Waals surface area contributed by atoms with E-state index in [-0.39, 0.29) is 11.2 Å². The Morgan fingerprint density at radius 2 is 2.12 bits per heavy atom. The van der Waals surface area contributed by atoms with Gasteiger partial charge < -0.3 is 5.32 Å². The molecule has 1 N–H and O–H groups in total. The predicted molar refractivity (Wildman–Crippen MR) is 63.1 cm³/mol. The summed E-state index contributed by atoms with van der Waals surface area (Å²) < 4.78 is 11.1. The highest BCUT2D eigenvalue weighted by Crippen LogP contribution is 2.37. The highest BCUT2D eigenvalue weighted by atomic mass is 32.2. The topological polar surface area (TPSA) is 70.0 Å². The first-order valence-electron chi connectivity index (χ1n) is 5.53. The number of nitrogens with zero attached hydrogens (tertiary/aromatic N) is 1. The van der Waals surface area contributed by atoms with Crippen molar-refractivity contribution in [3.05, 3.63) is 0 Å². The maximum atomic E-state index is 11.9. The van der Waals surface area contributed by atoms with Crippen LogP contribution in [0.4, 0.5) is 0 Å². The van der Waals surface area contributed by atoms with E-state index in [2.05, 4.69) is 11.4 Å². The molecule has 1 aliphatic carbocycles. The summed E-state index contributed by atoms with van der Waals surface area (Å²) in [6.07, 6.45) is 4.80. The number of carbonyl (C=O) groups is 1. The van der Waals surface area contributed by atoms with Gasteiger partial charge in [0.15, 0.2) is 0 Å². The molecule has 0 aliphatic heterocycles. The van der Waals surface area contributed by atoms with Crippen molar-refractivity contribution in [1.29, 1.82) is 5.26 Å². The van der Waals surface area contributed by atoms with E-state index in [0.29, 0.717) is 19.4 Å². The van der Waals surface area contributed by atoms with Gasteiger partial charge in [0.05, 0.1) is 6.07 Å². The van der Waals surface area contributed by atoms with Crippen molar-refractivity contribution in [2.45, 2.75) is 37.9 Å². The van der Waals surface area contributed by atoms with Crippen LogP contribution in [0.3, 0.4) is 0 Å². The Labute approximate surface area is 98.9 Å². The zero-order valence-electron chi connectivity index (χ0n) is 9.78. The van der Waals surface area contributed by atoms with E-state index in [9.17, 15) is 9.00 Å². The van der Waals surface area contributed by atoms with Gasteiger partial charge in [0.25, 0.3) is 0 Å². The number of hydrogen-bond donors (Lipinski definition) is 1. The number of nitrogens with one attached hydrogen (secondary N) is 1. The maximum absolute atomic E-state index is 11.9. The first-order valence-corrected chi connectivity index (χ1v) is 7.16. The van der Waals surface area contributed by atoms with Gasteiger partial charge >= 0.3 is 0 Å². The van der Waals surface area contributed by atoms with Gasteiger partial charge in [0.2, 0.25) is 5.91 Å². The van der Waals surface area contributed by atoms with Crippen LogP contribution in [0.2, 0.25) is 0 Å². The van der Waals surface area contributed by atoms with Crippen LogP contribution >= 0.6 is 0 Å². The van der Waals surface area contributed by atoms with E-state index < -0.39 is 16.2 Å². The van der Waals surface area contributed by atoms with E-state index in [1.807, 2.05) is 6.92 Å². The molecule has 0 radical (unpaired) electrons. The molecule has 2 unspecified atom stereocenters. The van der Waals surface area contributed by atoms with Gasteiger partial charge in [-0.25, -0.2) is 0 Å². The standard InChI is InChI=1S/C11H18N2O2S/c1-9(16(2)15)7-13-10(14)11(8-12)5-3-4-6-11/h9H,3-7H2,1-2H3,(H,13,14). The lowest BCUT2D eigenvalue weighted by Gasteiger charge is -2.20. The zero-order valence-corrected chi connectivity index (χ0v) is 10.6. The second kappa shape index (κ2) is 5.44. The molecule has 0 saturated heterocycles. The molecular formula is C11H18N2O2S. The van der Waals surface area contributed by atoms with Crippen LogP contribution in [0.1, 0.15) is 32.6 Å². The van der Waals surface area contributed by atoms with Gasteiger partial charge in [-0.2, -0.15) is 5.26 Å². The van der Waals surface area contributed by atoms with Gasteiger partial charge in [-0.05, 0) is 19.8 Å². The van der Waals surface area contributed by atoms with Crippen LogP contribution in [0, 0.1) is 16.7 Å². The molecule has 90 valence electrons. The lowest BCUT2D eigenvalue weighted by molar-refractivity contribution is -0.127. The minimum absolute atomic E-state index is 0.0684. The SMILES string of the molecule is CC(CNC(=O)C1(C#N)CCCC1)S(C)=O. The first-order chi connectivity index (χ1) is 7.52. The number of amides is 1. The second-order valence-corrected chi connectivity index (χ2v) is 6.22. The summed E-state index contributed by atoms with van der Waals surface area (Å²) in [6, 6.07) is 2.14. The third kappa shape index (κ3) is 2.82. The highest BCUT2D eigenvalue weighted by Gasteiger charge is 2.41. The molecule has 1 rings (SSSR count). The minimum atomic E-state index is -0.941. The lowest BCUT2D eigenvalue weighted by atomic mass is 9.87. The van der Waals surface area contributed by atoms with Crippen LogP contribution in [0.25, 0.3) is 0 Å². The summed E-state index contributed by atoms with van der Waals surface area (Å²) in [5.74, 6) is -0.190. The number of nitriles is 1. The fourth-order valence-corrected chi connectivity index (χ4v) is 2.21. The Kier molecular flexibility index (Phi) is 4.48. The number of carbonyl (C=O) groups excluding carboxylic acids is 1. The van der Waals surface area contributed by atoms with Crippen LogP contribution in [-0.4, -0.2) is 28.2 Å². The van der Waals surface area contributed by atoms with E-state index in [0.717, 1.165) is 12.8 Å². The average Bonchev–Trinajstić information content (AvgIpc) is 2.74. The van der Waals surface area contributed by atoms with E-state index in [1.54, 1.807) is 6.26 Å². The summed E-state index contributed by atoms with van der Waals surface area (Å²) >= 11 is 0. The van der Waals surface area contributed by atoms with Gasteiger partial charge in [0.1, 0.15) is 5.41 Å². The van der Waals surface area contributed by atoms with Crippen molar-refractivity contribution >= 4 is 16.7 Å². The quantitative estimate of drug-likeness (QED) is 0.798. The van der Waals surface area contributed by atoms with Crippen molar-refractivity contribution in [3.8, 4) is 6.07 Å². The zero-order chi connectivity index (χ0) is 12.2. The summed E-state index contributed by atoms with van der Waals surface area (Å²) in [5, 5.41) is 11.8. The third-order valence-electron chi connectivity index (χ3n) is 3.22. The first kappa shape index (κ1) is 13.2. The van der Waals surface area contributed by atoms with Crippen molar-refractivity contribution in [2.75, 3.05) is 12.8 Å². The molecule has 2 atom stereocenters. The molecule has 0 heterocycles. The van der Waals surface area contributed by atoms with Crippen molar-refractivity contribution < 1.29 is 9.00 Å². The van der Waals surface area contributed by atoms with Crippen LogP contribution in [0.5, 0.6) is 0 Å². The molecular weight excluding hydrogens is 224 g/mol. The predicted octanol–water partition coefficient (Wildman–Crippen LogP) is 0.954. The molecule has 1 fully saturated rings. The Hall–Kier alpha value is -0.890. The normalized spacial score (nSPS) is 22.1. The number of rotatable bonds is 4. The lowest BCUT2D eigenvalue weighted by Crippen LogP contribution is -2.41. The molecule has 0 aromatic rings. The molecule has 1 saturated carbocycles. The molecule has 0 bridgehead atoms. The molecule has 4 nitrogen and oxygen atoms in total. The second-order valence-electron chi connectivity index (χ2n) is 4.42. The summed E-state index contributed by atoms with van der Waals surface area (Å²) in [5.41, 5.74) is -0.824. The maximum Gasteiger partial charge on any atom is 0.240 e. The van der Waals surface area contributed by atoms with Gasteiger partial charge in [-0.3, -0.25) is 9.00 Å². The van der Waals surface area contributed by atoms with Crippen LogP contribution in [-0.2, 0) is 15.6 Å². The molecule has 0 aromatic heterocycles. The molecule has 0 aromatic carbocycles. The molecule has 5 heteroatoms. The largest absolute Gasteiger partial charge is 0.354 e. The van der Waals surface area contributed by atoms with Gasteiger partial charge in [-0.1, -0.05) is 12.8 Å². The summed E-state index contributed by atoms with van der Waals surface area (Å²) in [6.45, 7) is 2.20. The monoisotopic (exact) mass is 242 g/mol. The average molecular weight is 242 g/mol. The van der Waals surface area contributed by atoms with E-state index >= 15 is 0 Å². The fraction of sp³-hybridized carbons (Fsp3) is 0.818. The van der Waals surface area contributed by atoms with Crippen LogP contribution < -0.4 is 5.32 Å². The third-order valence-corrected chi connectivity index (χ3v) is 4.52. The summed E-state index contributed by atoms with van der Waals surface area (Å²) in [4.78, 5) is 11.9. The number of hydrogen-bond acceptors (Lipinski definition) is 3. The van der Waals surface area contributed by atoms with Gasteiger partial charge in [0, 0.05) is 28.9 Å². The Balaban J connectivity index is 2.52. The smallest absolute Gasteiger partial charge is 0.240 e. The van der Waals surface area contributed by atoms with Crippen molar-refractivity contribution in [3.63, 3.8) is 0 Å². The van der Waals surface area contributed by atoms with E-state index in [1.165, 1.54) is 0 Å². The van der Waals surface area contributed by atoms with Gasteiger partial charge in [-0.15, -0.1) is 0 Å². The fourth-order valence-electron chi connectivity index (χ4n) is 1.89. The Bertz CT molecular complexity index is 329. The Morgan fingerprint density at radius 3 is 2.56 bits per heavy atom.